The Morgan fingerprint density at radius 2 is 2.13 bits per heavy atom. The third-order valence-corrected chi connectivity index (χ3v) is 7.25. The number of halogens is 1. The van der Waals surface area contributed by atoms with Crippen LogP contribution in [-0.2, 0) is 4.74 Å². The highest BCUT2D eigenvalue weighted by atomic mass is 79.9. The van der Waals surface area contributed by atoms with Crippen LogP contribution in [0, 0.1) is 6.92 Å². The molecule has 2 aromatic heterocycles. The monoisotopic (exact) mass is 583 g/mol. The second-order valence-corrected chi connectivity index (χ2v) is 10.4. The molecular weight excluding hydrogens is 554 g/mol. The Morgan fingerprint density at radius 1 is 1.32 bits per heavy atom. The van der Waals surface area contributed by atoms with E-state index in [1.807, 2.05) is 19.1 Å². The van der Waals surface area contributed by atoms with Gasteiger partial charge >= 0.3 is 0 Å². The van der Waals surface area contributed by atoms with Gasteiger partial charge in [0.15, 0.2) is 5.79 Å². The second-order valence-electron chi connectivity index (χ2n) is 9.58. The van der Waals surface area contributed by atoms with E-state index >= 15 is 0 Å². The fourth-order valence-electron chi connectivity index (χ4n) is 4.72. The molecule has 0 saturated carbocycles. The van der Waals surface area contributed by atoms with Crippen LogP contribution in [0.15, 0.2) is 51.9 Å². The Bertz CT molecular complexity index is 1530. The first-order valence-corrected chi connectivity index (χ1v) is 13.0. The molecule has 2 aromatic carbocycles. The Hall–Kier alpha value is -3.38. The number of β-amino-alcohol motifs (C(OH)–C–C–N with tert-alkyl or cyclic N) is 1. The summed E-state index contributed by atoms with van der Waals surface area (Å²) in [5.41, 5.74) is 4.68. The fourth-order valence-corrected chi connectivity index (χ4v) is 5.28. The SMILES string of the molecule is COc1ccc([C@H](O)CNc2cc[nH]c(=O)c2-c2nc3c(C)cc(N4CCO[C@](C)(O)C4)cc3[nH]2)cc1Br. The predicted octanol–water partition coefficient (Wildman–Crippen LogP) is 3.69. The summed E-state index contributed by atoms with van der Waals surface area (Å²) in [6.07, 6.45) is 0.733. The largest absolute Gasteiger partial charge is 0.496 e. The molecule has 1 fully saturated rings. The molecule has 0 bridgehead atoms. The molecule has 2 atom stereocenters. The van der Waals surface area contributed by atoms with Gasteiger partial charge in [0.1, 0.15) is 17.1 Å². The van der Waals surface area contributed by atoms with Crippen LogP contribution >= 0.6 is 15.9 Å². The number of hydrogen-bond acceptors (Lipinski definition) is 8. The highest BCUT2D eigenvalue weighted by Crippen LogP contribution is 2.32. The summed E-state index contributed by atoms with van der Waals surface area (Å²) >= 11 is 3.45. The molecule has 3 heterocycles. The van der Waals surface area contributed by atoms with E-state index < -0.39 is 11.9 Å². The van der Waals surface area contributed by atoms with Gasteiger partial charge in [0, 0.05) is 25.0 Å². The quantitative estimate of drug-likeness (QED) is 0.222. The number of imidazole rings is 1. The van der Waals surface area contributed by atoms with Crippen molar-refractivity contribution in [2.45, 2.75) is 25.7 Å². The molecule has 0 spiro atoms. The number of fused-ring (bicyclic) bond motifs is 1. The van der Waals surface area contributed by atoms with Crippen LogP contribution in [0.25, 0.3) is 22.4 Å². The van der Waals surface area contributed by atoms with Crippen LogP contribution in [0.1, 0.15) is 24.2 Å². The molecule has 10 nitrogen and oxygen atoms in total. The number of H-pyrrole nitrogens is 2. The lowest BCUT2D eigenvalue weighted by Gasteiger charge is -2.38. The van der Waals surface area contributed by atoms with Crippen LogP contribution in [0.3, 0.4) is 0 Å². The van der Waals surface area contributed by atoms with Gasteiger partial charge in [-0.15, -0.1) is 0 Å². The highest BCUT2D eigenvalue weighted by Gasteiger charge is 2.30. The predicted molar refractivity (Wildman–Crippen MR) is 150 cm³/mol. The molecule has 11 heteroatoms. The Labute approximate surface area is 227 Å². The molecule has 0 unspecified atom stereocenters. The minimum Gasteiger partial charge on any atom is -0.496 e. The van der Waals surface area contributed by atoms with Gasteiger partial charge in [-0.25, -0.2) is 4.98 Å². The summed E-state index contributed by atoms with van der Waals surface area (Å²) in [5, 5.41) is 24.3. The zero-order valence-electron chi connectivity index (χ0n) is 21.3. The topological polar surface area (TPSA) is 136 Å². The maximum Gasteiger partial charge on any atom is 0.261 e. The standard InChI is InChI=1S/C27H30BrN5O5/c1-15-10-17(33-8-9-38-27(2,36)14-33)12-20-24(15)32-25(31-20)23-19(6-7-29-26(23)35)30-13-21(34)16-4-5-22(37-3)18(28)11-16/h4-7,10-12,21,34,36H,8-9,13-14H2,1-3H3,(H,31,32)(H2,29,30,35)/t21-,27+/m1/s1. The molecule has 1 aliphatic rings. The van der Waals surface area contributed by atoms with E-state index in [1.165, 1.54) is 0 Å². The van der Waals surface area contributed by atoms with Crippen molar-refractivity contribution in [1.82, 2.24) is 15.0 Å². The maximum absolute atomic E-state index is 12.9. The van der Waals surface area contributed by atoms with Crippen LogP contribution in [-0.4, -0.2) is 64.3 Å². The van der Waals surface area contributed by atoms with Crippen molar-refractivity contribution >= 4 is 38.3 Å². The number of hydrogen-bond donors (Lipinski definition) is 5. The Morgan fingerprint density at radius 3 is 2.87 bits per heavy atom. The molecule has 38 heavy (non-hydrogen) atoms. The van der Waals surface area contributed by atoms with Crippen molar-refractivity contribution in [3.63, 3.8) is 0 Å². The molecular formula is C27H30BrN5O5. The van der Waals surface area contributed by atoms with Crippen molar-refractivity contribution in [1.29, 1.82) is 0 Å². The second kappa shape index (κ2) is 10.4. The number of rotatable bonds is 7. The lowest BCUT2D eigenvalue weighted by molar-refractivity contribution is -0.193. The maximum atomic E-state index is 12.9. The molecule has 1 aliphatic heterocycles. The minimum absolute atomic E-state index is 0.176. The number of aryl methyl sites for hydroxylation is 1. The summed E-state index contributed by atoms with van der Waals surface area (Å²) in [6, 6.07) is 11.1. The molecule has 0 radical (unpaired) electrons. The normalized spacial score (nSPS) is 18.5. The molecule has 5 N–H and O–H groups in total. The van der Waals surface area contributed by atoms with Crippen molar-refractivity contribution in [2.75, 3.05) is 43.6 Å². The first-order chi connectivity index (χ1) is 18.1. The smallest absolute Gasteiger partial charge is 0.261 e. The van der Waals surface area contributed by atoms with Crippen LogP contribution < -0.4 is 20.5 Å². The summed E-state index contributed by atoms with van der Waals surface area (Å²) in [4.78, 5) is 25.8. The van der Waals surface area contributed by atoms with Crippen LogP contribution in [0.2, 0.25) is 0 Å². The van der Waals surface area contributed by atoms with Crippen molar-refractivity contribution in [3.8, 4) is 17.1 Å². The molecule has 5 rings (SSSR count). The van der Waals surface area contributed by atoms with E-state index in [2.05, 4.69) is 36.1 Å². The molecule has 1 saturated heterocycles. The minimum atomic E-state index is -1.22. The number of benzene rings is 2. The number of nitrogens with one attached hydrogen (secondary N) is 3. The van der Waals surface area contributed by atoms with Gasteiger partial charge in [-0.1, -0.05) is 6.07 Å². The van der Waals surface area contributed by atoms with Crippen LogP contribution in [0.5, 0.6) is 5.75 Å². The van der Waals surface area contributed by atoms with E-state index in [9.17, 15) is 15.0 Å². The lowest BCUT2D eigenvalue weighted by Crippen LogP contribution is -2.50. The van der Waals surface area contributed by atoms with Crippen molar-refractivity contribution in [2.24, 2.45) is 0 Å². The summed E-state index contributed by atoms with van der Waals surface area (Å²) < 4.78 is 11.4. The van der Waals surface area contributed by atoms with Gasteiger partial charge in [0.25, 0.3) is 5.56 Å². The number of pyridine rings is 1. The number of morpholine rings is 1. The first kappa shape index (κ1) is 26.2. The van der Waals surface area contributed by atoms with E-state index in [1.54, 1.807) is 44.5 Å². The molecule has 4 aromatic rings. The lowest BCUT2D eigenvalue weighted by atomic mass is 10.1. The average Bonchev–Trinajstić information content (AvgIpc) is 3.31. The van der Waals surface area contributed by atoms with E-state index in [0.29, 0.717) is 48.1 Å². The molecule has 0 aliphatic carbocycles. The van der Waals surface area contributed by atoms with Crippen molar-refractivity contribution < 1.29 is 19.7 Å². The number of methoxy groups -OCH3 is 1. The highest BCUT2D eigenvalue weighted by molar-refractivity contribution is 9.10. The third-order valence-electron chi connectivity index (χ3n) is 6.63. The van der Waals surface area contributed by atoms with Gasteiger partial charge in [-0.05, 0) is 71.2 Å². The van der Waals surface area contributed by atoms with Crippen LogP contribution in [0.4, 0.5) is 11.4 Å². The number of nitrogens with zero attached hydrogens (tertiary/aromatic N) is 2. The summed E-state index contributed by atoms with van der Waals surface area (Å²) in [5.74, 6) is -0.127. The fraction of sp³-hybridized carbons (Fsp3) is 0.333. The zero-order valence-corrected chi connectivity index (χ0v) is 22.9. The number of ether oxygens (including phenoxy) is 2. The molecule has 200 valence electrons. The Balaban J connectivity index is 1.43. The number of anilines is 2. The van der Waals surface area contributed by atoms with Gasteiger partial charge < -0.3 is 39.9 Å². The van der Waals surface area contributed by atoms with E-state index in [-0.39, 0.29) is 12.1 Å². The van der Waals surface area contributed by atoms with Gasteiger partial charge in [0.2, 0.25) is 0 Å². The number of aromatic nitrogens is 3. The van der Waals surface area contributed by atoms with E-state index in [0.717, 1.165) is 26.8 Å². The third kappa shape index (κ3) is 5.28. The van der Waals surface area contributed by atoms with Crippen molar-refractivity contribution in [3.05, 3.63) is 68.5 Å². The summed E-state index contributed by atoms with van der Waals surface area (Å²) in [7, 11) is 1.58. The average molecular weight is 584 g/mol. The first-order valence-electron chi connectivity index (χ1n) is 12.2. The number of aromatic amines is 2. The van der Waals surface area contributed by atoms with E-state index in [4.69, 9.17) is 14.5 Å². The Kier molecular flexibility index (Phi) is 7.19. The van der Waals surface area contributed by atoms with Gasteiger partial charge in [-0.3, -0.25) is 4.79 Å². The summed E-state index contributed by atoms with van der Waals surface area (Å²) in [6.45, 7) is 5.22. The zero-order chi connectivity index (χ0) is 27.0. The van der Waals surface area contributed by atoms with Gasteiger partial charge in [-0.2, -0.15) is 0 Å². The number of aliphatic hydroxyl groups excluding tert-OH is 1. The van der Waals surface area contributed by atoms with Gasteiger partial charge in [0.05, 0.1) is 47.6 Å². The number of aliphatic hydroxyl groups is 2. The molecule has 0 amide bonds.